The highest BCUT2D eigenvalue weighted by molar-refractivity contribution is 5.90. The van der Waals surface area contributed by atoms with Crippen LogP contribution in [-0.4, -0.2) is 58.3 Å². The fourth-order valence-corrected chi connectivity index (χ4v) is 7.60. The van der Waals surface area contributed by atoms with Crippen molar-refractivity contribution < 1.29 is 37.8 Å². The number of esters is 1. The quantitative estimate of drug-likeness (QED) is 0.112. The summed E-state index contributed by atoms with van der Waals surface area (Å²) in [6.07, 6.45) is 2.52. The van der Waals surface area contributed by atoms with Crippen LogP contribution in [0, 0.1) is 11.8 Å². The summed E-state index contributed by atoms with van der Waals surface area (Å²) < 4.78 is 25.1. The second-order valence-corrected chi connectivity index (χ2v) is 14.8. The maximum atomic E-state index is 14.1. The van der Waals surface area contributed by atoms with Gasteiger partial charge in [-0.25, -0.2) is 14.8 Å². The van der Waals surface area contributed by atoms with Crippen molar-refractivity contribution in [3.05, 3.63) is 82.3 Å². The molecule has 2 aromatic carbocycles. The Balaban J connectivity index is 1.46. The Hall–Kier alpha value is -5.17. The molecule has 53 heavy (non-hydrogen) atoms. The summed E-state index contributed by atoms with van der Waals surface area (Å²) in [6, 6.07) is 11.8. The van der Waals surface area contributed by atoms with E-state index >= 15 is 0 Å². The highest BCUT2D eigenvalue weighted by atomic mass is 16.5. The minimum Gasteiger partial charge on any atom is -0.469 e. The van der Waals surface area contributed by atoms with Crippen LogP contribution in [0.5, 0.6) is 5.75 Å². The molecule has 4 N–H and O–H groups in total. The number of ether oxygens (including phenoxy) is 2. The van der Waals surface area contributed by atoms with Gasteiger partial charge in [-0.1, -0.05) is 84.2 Å². The monoisotopic (exact) mass is 725 g/mol. The number of para-hydroxylation sites is 1. The topological polar surface area (TPSA) is 178 Å². The molecule has 0 saturated carbocycles. The van der Waals surface area contributed by atoms with Crippen molar-refractivity contribution in [3.8, 4) is 17.3 Å². The van der Waals surface area contributed by atoms with Gasteiger partial charge >= 0.3 is 5.97 Å². The molecule has 7 rings (SSSR count). The first-order valence-corrected chi connectivity index (χ1v) is 18.5. The largest absolute Gasteiger partial charge is 0.469 e. The van der Waals surface area contributed by atoms with Crippen LogP contribution in [0.3, 0.4) is 0 Å². The van der Waals surface area contributed by atoms with Crippen LogP contribution in [0.4, 0.5) is 5.69 Å². The summed E-state index contributed by atoms with van der Waals surface area (Å²) >= 11 is 0. The summed E-state index contributed by atoms with van der Waals surface area (Å²) in [5.74, 6) is -0.649. The minimum atomic E-state index is -1.30. The van der Waals surface area contributed by atoms with E-state index in [1.807, 2.05) is 56.3 Å². The fourth-order valence-electron chi connectivity index (χ4n) is 7.60. The van der Waals surface area contributed by atoms with E-state index < -0.39 is 47.6 Å². The van der Waals surface area contributed by atoms with Crippen molar-refractivity contribution in [1.29, 1.82) is 0 Å². The van der Waals surface area contributed by atoms with E-state index in [4.69, 9.17) is 28.3 Å². The Morgan fingerprint density at radius 2 is 1.83 bits per heavy atom. The van der Waals surface area contributed by atoms with Crippen LogP contribution in [-0.2, 0) is 32.6 Å². The van der Waals surface area contributed by atoms with Gasteiger partial charge in [-0.2, -0.15) is 0 Å². The zero-order valence-electron chi connectivity index (χ0n) is 30.9. The smallest absolute Gasteiger partial charge is 0.360 e. The Kier molecular flexibility index (Phi) is 9.79. The van der Waals surface area contributed by atoms with Crippen LogP contribution in [0.25, 0.3) is 11.6 Å². The molecule has 3 aliphatic heterocycles. The number of anilines is 1. The number of unbranched alkanes of at least 4 members (excludes halogenated alkanes) is 3. The van der Waals surface area contributed by atoms with E-state index in [0.29, 0.717) is 23.7 Å². The molecule has 280 valence electrons. The summed E-state index contributed by atoms with van der Waals surface area (Å²) in [7, 11) is 1.31. The number of rotatable bonds is 11. The Bertz CT molecular complexity index is 2030. The number of methoxy groups -OCH3 is 1. The molecule has 2 aromatic heterocycles. The lowest BCUT2D eigenvalue weighted by molar-refractivity contribution is -0.135. The lowest BCUT2D eigenvalue weighted by Crippen LogP contribution is -2.52. The predicted molar refractivity (Wildman–Crippen MR) is 194 cm³/mol. The van der Waals surface area contributed by atoms with Crippen LogP contribution in [0.1, 0.15) is 111 Å². The number of carbonyl (C=O) groups is 3. The standard InChI is InChI=1S/C40H47N5O8/c1-7-8-9-10-15-28-30(38(49)50-6)44-37(51-28)31-33-40-23-13-11-12-14-25(23)42-39(40)52-27-17-16-22(18-24(27)40)19-26(41-35(48)32(46)21(4)5)34(47)43-29(20(2)3)36(45-31)53-33/h11-14,16-18,20-21,26,29,32,39,42,46H,7-10,15,19H2,1-6H3,(H,41,48)(H,43,47)/t26-,29-,32-,39-,40?/m0/s1. The molecule has 13 heteroatoms. The van der Waals surface area contributed by atoms with Crippen LogP contribution in [0.2, 0.25) is 0 Å². The van der Waals surface area contributed by atoms with Gasteiger partial charge in [0.05, 0.1) is 7.11 Å². The lowest BCUT2D eigenvalue weighted by atomic mass is 9.72. The number of nitrogens with zero attached hydrogens (tertiary/aromatic N) is 2. The SMILES string of the molecule is CCCCCCc1oc(-c2nc3oc2C24c5ccccc5N[C@H]2Oc2ccc(cc24)C[C@H](NC(=O)[C@@H](O)C(C)C)C(=O)N[C@H]3C(C)C)nc1C(=O)OC. The second-order valence-electron chi connectivity index (χ2n) is 14.8. The van der Waals surface area contributed by atoms with Gasteiger partial charge in [-0.05, 0) is 41.5 Å². The summed E-state index contributed by atoms with van der Waals surface area (Å²) in [4.78, 5) is 50.1. The summed E-state index contributed by atoms with van der Waals surface area (Å²) in [5, 5.41) is 20.0. The van der Waals surface area contributed by atoms with Crippen molar-refractivity contribution in [3.63, 3.8) is 0 Å². The molecule has 1 unspecified atom stereocenters. The number of hydrogen-bond donors (Lipinski definition) is 4. The van der Waals surface area contributed by atoms with Gasteiger partial charge in [0.25, 0.3) is 0 Å². The van der Waals surface area contributed by atoms with Crippen molar-refractivity contribution in [2.75, 3.05) is 12.4 Å². The van der Waals surface area contributed by atoms with Crippen molar-refractivity contribution in [2.24, 2.45) is 11.8 Å². The third-order valence-corrected chi connectivity index (χ3v) is 10.5. The van der Waals surface area contributed by atoms with Gasteiger partial charge in [-0.3, -0.25) is 9.59 Å². The number of hydrogen-bond acceptors (Lipinski definition) is 11. The molecule has 0 aliphatic carbocycles. The molecule has 5 heterocycles. The molecule has 1 spiro atoms. The Morgan fingerprint density at radius 1 is 1.04 bits per heavy atom. The van der Waals surface area contributed by atoms with Gasteiger partial charge in [-0.15, -0.1) is 0 Å². The zero-order valence-corrected chi connectivity index (χ0v) is 30.9. The van der Waals surface area contributed by atoms with Crippen molar-refractivity contribution in [1.82, 2.24) is 20.6 Å². The number of amides is 2. The first kappa shape index (κ1) is 36.2. The number of fused-ring (bicyclic) bond motifs is 4. The van der Waals surface area contributed by atoms with Crippen molar-refractivity contribution >= 4 is 23.5 Å². The number of aliphatic hydroxyl groups is 1. The molecule has 13 nitrogen and oxygen atoms in total. The number of aryl methyl sites for hydroxylation is 1. The van der Waals surface area contributed by atoms with E-state index in [2.05, 4.69) is 22.9 Å². The molecule has 2 amide bonds. The molecule has 4 bridgehead atoms. The van der Waals surface area contributed by atoms with Gasteiger partial charge < -0.3 is 39.4 Å². The number of nitrogens with one attached hydrogen (secondary N) is 3. The maximum Gasteiger partial charge on any atom is 0.360 e. The highest BCUT2D eigenvalue weighted by Crippen LogP contribution is 2.59. The van der Waals surface area contributed by atoms with Gasteiger partial charge in [0.15, 0.2) is 23.4 Å². The van der Waals surface area contributed by atoms with E-state index in [0.717, 1.165) is 48.1 Å². The van der Waals surface area contributed by atoms with E-state index in [-0.39, 0.29) is 41.4 Å². The third kappa shape index (κ3) is 6.24. The summed E-state index contributed by atoms with van der Waals surface area (Å²) in [6.45, 7) is 9.46. The normalized spacial score (nSPS) is 21.8. The molecule has 0 radical (unpaired) electrons. The molecule has 4 aromatic rings. The van der Waals surface area contributed by atoms with Crippen molar-refractivity contribution in [2.45, 2.75) is 103 Å². The first-order valence-electron chi connectivity index (χ1n) is 18.5. The number of benzene rings is 2. The minimum absolute atomic E-state index is 0.0765. The third-order valence-electron chi connectivity index (χ3n) is 10.5. The average Bonchev–Trinajstić information content (AvgIpc) is 3.90. The predicted octanol–water partition coefficient (Wildman–Crippen LogP) is 5.59. The first-order chi connectivity index (χ1) is 25.5. The Morgan fingerprint density at radius 3 is 2.57 bits per heavy atom. The molecular formula is C40H47N5O8. The summed E-state index contributed by atoms with van der Waals surface area (Å²) in [5.41, 5.74) is 2.45. The molecular weight excluding hydrogens is 678 g/mol. The molecule has 3 aliphatic rings. The maximum absolute atomic E-state index is 14.1. The van der Waals surface area contributed by atoms with Crippen LogP contribution < -0.4 is 20.7 Å². The van der Waals surface area contributed by atoms with E-state index in [1.165, 1.54) is 7.11 Å². The number of carbonyl (C=O) groups excluding carboxylic acids is 3. The highest BCUT2D eigenvalue weighted by Gasteiger charge is 2.61. The number of aromatic nitrogens is 2. The second kappa shape index (κ2) is 14.3. The molecule has 0 saturated heterocycles. The number of oxazole rings is 2. The average molecular weight is 726 g/mol. The molecule has 0 fully saturated rings. The van der Waals surface area contributed by atoms with E-state index in [1.54, 1.807) is 13.8 Å². The van der Waals surface area contributed by atoms with Gasteiger partial charge in [0.1, 0.15) is 35.1 Å². The van der Waals surface area contributed by atoms with Crippen LogP contribution >= 0.6 is 0 Å². The van der Waals surface area contributed by atoms with Gasteiger partial charge in [0.2, 0.25) is 23.6 Å². The number of aliphatic hydroxyl groups excluding tert-OH is 1. The van der Waals surface area contributed by atoms with Gasteiger partial charge in [0, 0.05) is 24.1 Å². The fraction of sp³-hybridized carbons (Fsp3) is 0.475. The Labute approximate surface area is 308 Å². The lowest BCUT2D eigenvalue weighted by Gasteiger charge is -2.29. The van der Waals surface area contributed by atoms with E-state index in [9.17, 15) is 19.5 Å². The van der Waals surface area contributed by atoms with Crippen LogP contribution in [0.15, 0.2) is 51.3 Å². The molecule has 5 atom stereocenters. The zero-order chi connectivity index (χ0) is 37.6.